The predicted molar refractivity (Wildman–Crippen MR) is 99.6 cm³/mol. The molecule has 2 aromatic rings. The van der Waals surface area contributed by atoms with Gasteiger partial charge in [0.05, 0.1) is 10.7 Å². The monoisotopic (exact) mass is 362 g/mol. The Morgan fingerprint density at radius 3 is 2.17 bits per heavy atom. The molecule has 0 amide bonds. The van der Waals surface area contributed by atoms with Crippen molar-refractivity contribution >= 4 is 33.4 Å². The van der Waals surface area contributed by atoms with Crippen LogP contribution in [-0.4, -0.2) is 38.9 Å². The molecule has 126 valence electrons. The molecule has 0 aliphatic carbocycles. The Balaban J connectivity index is 1.65. The summed E-state index contributed by atoms with van der Waals surface area (Å²) in [5, 5.41) is 1.98. The fourth-order valence-corrected chi connectivity index (χ4v) is 4.14. The van der Waals surface area contributed by atoms with Crippen molar-refractivity contribution < 1.29 is 8.42 Å². The number of hydrogen-bond acceptors (Lipinski definition) is 3. The van der Waals surface area contributed by atoms with Gasteiger partial charge in [0.1, 0.15) is 0 Å². The lowest BCUT2D eigenvalue weighted by Gasteiger charge is -2.35. The molecule has 0 spiro atoms. The normalized spacial score (nSPS) is 16.6. The molecule has 1 aliphatic rings. The van der Waals surface area contributed by atoms with E-state index in [1.54, 1.807) is 6.08 Å². The third kappa shape index (κ3) is 3.98. The van der Waals surface area contributed by atoms with E-state index in [0.29, 0.717) is 31.2 Å². The first-order valence-electron chi connectivity index (χ1n) is 7.79. The van der Waals surface area contributed by atoms with Gasteiger partial charge in [0.25, 0.3) is 0 Å². The van der Waals surface area contributed by atoms with Crippen molar-refractivity contribution in [2.24, 2.45) is 0 Å². The van der Waals surface area contributed by atoms with Gasteiger partial charge in [-0.3, -0.25) is 0 Å². The standard InChI is InChI=1S/C18H19ClN2O2S/c19-17-8-4-5-9-18(17)20-11-13-21(14-12-20)24(22,23)15-10-16-6-2-1-3-7-16/h1-10,15H,11-14H2. The second-order valence-electron chi connectivity index (χ2n) is 5.60. The minimum atomic E-state index is -3.40. The van der Waals surface area contributed by atoms with Crippen LogP contribution in [0.5, 0.6) is 0 Å². The van der Waals surface area contributed by atoms with Crippen LogP contribution in [0.25, 0.3) is 6.08 Å². The fraction of sp³-hybridized carbons (Fsp3) is 0.222. The maximum absolute atomic E-state index is 12.5. The average molecular weight is 363 g/mol. The van der Waals surface area contributed by atoms with Gasteiger partial charge in [0.2, 0.25) is 10.0 Å². The van der Waals surface area contributed by atoms with Gasteiger partial charge in [-0.2, -0.15) is 4.31 Å². The first-order chi connectivity index (χ1) is 11.6. The Labute approximate surface area is 148 Å². The number of rotatable bonds is 4. The second-order valence-corrected chi connectivity index (χ2v) is 7.82. The molecule has 1 aliphatic heterocycles. The van der Waals surface area contributed by atoms with Crippen LogP contribution in [0.2, 0.25) is 5.02 Å². The van der Waals surface area contributed by atoms with E-state index in [-0.39, 0.29) is 0 Å². The molecule has 4 nitrogen and oxygen atoms in total. The number of sulfonamides is 1. The second kappa shape index (κ2) is 7.38. The molecular formula is C18H19ClN2O2S. The Morgan fingerprint density at radius 1 is 0.875 bits per heavy atom. The summed E-state index contributed by atoms with van der Waals surface area (Å²) < 4.78 is 26.4. The highest BCUT2D eigenvalue weighted by Gasteiger charge is 2.25. The van der Waals surface area contributed by atoms with Gasteiger partial charge in [-0.15, -0.1) is 0 Å². The van der Waals surface area contributed by atoms with E-state index in [1.807, 2.05) is 54.6 Å². The molecule has 0 atom stereocenters. The van der Waals surface area contributed by atoms with E-state index in [2.05, 4.69) is 4.90 Å². The molecule has 3 rings (SSSR count). The molecule has 0 radical (unpaired) electrons. The molecule has 6 heteroatoms. The Hall–Kier alpha value is -1.82. The lowest BCUT2D eigenvalue weighted by molar-refractivity contribution is 0.390. The van der Waals surface area contributed by atoms with Gasteiger partial charge in [-0.1, -0.05) is 54.1 Å². The van der Waals surface area contributed by atoms with Gasteiger partial charge in [0, 0.05) is 31.6 Å². The molecule has 2 aromatic carbocycles. The topological polar surface area (TPSA) is 40.6 Å². The Kier molecular flexibility index (Phi) is 5.23. The molecule has 0 unspecified atom stereocenters. The van der Waals surface area contributed by atoms with E-state index in [1.165, 1.54) is 9.71 Å². The smallest absolute Gasteiger partial charge is 0.236 e. The lowest BCUT2D eigenvalue weighted by atomic mass is 10.2. The number of halogens is 1. The van der Waals surface area contributed by atoms with Crippen LogP contribution in [-0.2, 0) is 10.0 Å². The SMILES string of the molecule is O=S(=O)(C=Cc1ccccc1)N1CCN(c2ccccc2Cl)CC1. The van der Waals surface area contributed by atoms with Crippen LogP contribution in [0.15, 0.2) is 60.0 Å². The zero-order valence-corrected chi connectivity index (χ0v) is 14.7. The van der Waals surface area contributed by atoms with Gasteiger partial charge < -0.3 is 4.90 Å². The van der Waals surface area contributed by atoms with E-state index in [0.717, 1.165) is 11.3 Å². The molecule has 1 heterocycles. The minimum Gasteiger partial charge on any atom is -0.368 e. The molecule has 0 N–H and O–H groups in total. The van der Waals surface area contributed by atoms with Crippen LogP contribution < -0.4 is 4.90 Å². The van der Waals surface area contributed by atoms with Gasteiger partial charge in [-0.25, -0.2) is 8.42 Å². The van der Waals surface area contributed by atoms with E-state index in [4.69, 9.17) is 11.6 Å². The van der Waals surface area contributed by atoms with Crippen LogP contribution in [0.3, 0.4) is 0 Å². The summed E-state index contributed by atoms with van der Waals surface area (Å²) in [4.78, 5) is 2.12. The van der Waals surface area contributed by atoms with Gasteiger partial charge in [-0.05, 0) is 23.8 Å². The first-order valence-corrected chi connectivity index (χ1v) is 9.67. The molecule has 0 bridgehead atoms. The number of piperazine rings is 1. The first kappa shape index (κ1) is 17.0. The number of para-hydroxylation sites is 1. The van der Waals surface area contributed by atoms with Crippen molar-refractivity contribution in [3.8, 4) is 0 Å². The van der Waals surface area contributed by atoms with Crippen LogP contribution in [0.4, 0.5) is 5.69 Å². The number of hydrogen-bond donors (Lipinski definition) is 0. The molecule has 1 saturated heterocycles. The summed E-state index contributed by atoms with van der Waals surface area (Å²) >= 11 is 6.22. The number of benzene rings is 2. The molecule has 24 heavy (non-hydrogen) atoms. The maximum Gasteiger partial charge on any atom is 0.236 e. The zero-order chi connectivity index (χ0) is 17.0. The van der Waals surface area contributed by atoms with Gasteiger partial charge in [0.15, 0.2) is 0 Å². The minimum absolute atomic E-state index is 0.451. The summed E-state index contributed by atoms with van der Waals surface area (Å²) in [5.74, 6) is 0. The number of nitrogens with zero attached hydrogens (tertiary/aromatic N) is 2. The number of anilines is 1. The quantitative estimate of drug-likeness (QED) is 0.836. The summed E-state index contributed by atoms with van der Waals surface area (Å²) in [6, 6.07) is 17.1. The Morgan fingerprint density at radius 2 is 1.50 bits per heavy atom. The van der Waals surface area contributed by atoms with Crippen LogP contribution >= 0.6 is 11.6 Å². The van der Waals surface area contributed by atoms with E-state index < -0.39 is 10.0 Å². The highest BCUT2D eigenvalue weighted by atomic mass is 35.5. The van der Waals surface area contributed by atoms with E-state index >= 15 is 0 Å². The Bertz CT molecular complexity index is 814. The van der Waals surface area contributed by atoms with Crippen molar-refractivity contribution in [1.82, 2.24) is 4.31 Å². The van der Waals surface area contributed by atoms with Crippen molar-refractivity contribution in [3.05, 3.63) is 70.6 Å². The van der Waals surface area contributed by atoms with Crippen molar-refractivity contribution in [2.45, 2.75) is 0 Å². The molecule has 0 saturated carbocycles. The molecule has 1 fully saturated rings. The third-order valence-corrected chi connectivity index (χ3v) is 5.91. The average Bonchev–Trinajstić information content (AvgIpc) is 2.62. The zero-order valence-electron chi connectivity index (χ0n) is 13.2. The molecule has 0 aromatic heterocycles. The fourth-order valence-electron chi connectivity index (χ4n) is 2.71. The third-order valence-electron chi connectivity index (χ3n) is 4.02. The van der Waals surface area contributed by atoms with Crippen LogP contribution in [0, 0.1) is 0 Å². The summed E-state index contributed by atoms with van der Waals surface area (Å²) in [6.45, 7) is 2.16. The lowest BCUT2D eigenvalue weighted by Crippen LogP contribution is -2.48. The van der Waals surface area contributed by atoms with Crippen molar-refractivity contribution in [3.63, 3.8) is 0 Å². The van der Waals surface area contributed by atoms with Crippen LogP contribution in [0.1, 0.15) is 5.56 Å². The maximum atomic E-state index is 12.5. The summed E-state index contributed by atoms with van der Waals surface area (Å²) in [5.41, 5.74) is 1.83. The molecular weight excluding hydrogens is 344 g/mol. The van der Waals surface area contributed by atoms with Crippen molar-refractivity contribution in [1.29, 1.82) is 0 Å². The summed E-state index contributed by atoms with van der Waals surface area (Å²) in [7, 11) is -3.40. The van der Waals surface area contributed by atoms with Gasteiger partial charge >= 0.3 is 0 Å². The highest BCUT2D eigenvalue weighted by Crippen LogP contribution is 2.26. The van der Waals surface area contributed by atoms with E-state index in [9.17, 15) is 8.42 Å². The largest absolute Gasteiger partial charge is 0.368 e. The summed E-state index contributed by atoms with van der Waals surface area (Å²) in [6.07, 6.45) is 1.63. The highest BCUT2D eigenvalue weighted by molar-refractivity contribution is 7.92. The van der Waals surface area contributed by atoms with Crippen molar-refractivity contribution in [2.75, 3.05) is 31.1 Å². The predicted octanol–water partition coefficient (Wildman–Crippen LogP) is 3.46.